The third-order valence-electron chi connectivity index (χ3n) is 7.07. The molecule has 2 aromatic carbocycles. The van der Waals surface area contributed by atoms with Gasteiger partial charge in [0.15, 0.2) is 5.69 Å². The summed E-state index contributed by atoms with van der Waals surface area (Å²) in [6.07, 6.45) is 3.55. The monoisotopic (exact) mass is 508 g/mol. The number of hydrogen-bond donors (Lipinski definition) is 0. The molecule has 2 aromatic heterocycles. The van der Waals surface area contributed by atoms with Gasteiger partial charge in [0, 0.05) is 43.0 Å². The van der Waals surface area contributed by atoms with Gasteiger partial charge < -0.3 is 14.1 Å². The van der Waals surface area contributed by atoms with Crippen molar-refractivity contribution in [1.82, 2.24) is 4.98 Å². The average molecular weight is 509 g/mol. The lowest BCUT2D eigenvalue weighted by Crippen LogP contribution is -2.57. The molecule has 7 nitrogen and oxygen atoms in total. The van der Waals surface area contributed by atoms with E-state index >= 15 is 0 Å². The van der Waals surface area contributed by atoms with Gasteiger partial charge in [0.2, 0.25) is 5.85 Å². The van der Waals surface area contributed by atoms with Crippen LogP contribution in [0.15, 0.2) is 76.2 Å². The SMILES string of the molecule is CN1c2c(c3cc(-c4cccnc4)ccc3oc2=O)N(c2ccc(C(C)(C)C#N)cc2)C1(C)OC(C)(C)C. The van der Waals surface area contributed by atoms with E-state index in [1.807, 2.05) is 114 Å². The summed E-state index contributed by atoms with van der Waals surface area (Å²) in [7, 11) is 1.85. The molecule has 38 heavy (non-hydrogen) atoms. The van der Waals surface area contributed by atoms with Crippen LogP contribution in [0.25, 0.3) is 22.1 Å². The van der Waals surface area contributed by atoms with Gasteiger partial charge in [-0.15, -0.1) is 0 Å². The van der Waals surface area contributed by atoms with Crippen LogP contribution in [0.4, 0.5) is 17.1 Å². The molecular formula is C31H32N4O3. The molecule has 4 aromatic rings. The van der Waals surface area contributed by atoms with E-state index in [4.69, 9.17) is 9.15 Å². The van der Waals surface area contributed by atoms with Crippen molar-refractivity contribution in [2.45, 2.75) is 58.4 Å². The molecular weight excluding hydrogens is 476 g/mol. The van der Waals surface area contributed by atoms with Crippen LogP contribution in [-0.2, 0) is 10.2 Å². The molecule has 0 aliphatic carbocycles. The lowest BCUT2D eigenvalue weighted by atomic mass is 9.86. The van der Waals surface area contributed by atoms with Crippen molar-refractivity contribution in [3.05, 3.63) is 83.0 Å². The quantitative estimate of drug-likeness (QED) is 0.283. The molecule has 5 rings (SSSR count). The molecule has 0 N–H and O–H groups in total. The fourth-order valence-electron chi connectivity index (χ4n) is 5.13. The van der Waals surface area contributed by atoms with Crippen LogP contribution in [-0.4, -0.2) is 23.5 Å². The summed E-state index contributed by atoms with van der Waals surface area (Å²) in [6, 6.07) is 19.9. The summed E-state index contributed by atoms with van der Waals surface area (Å²) in [5, 5.41) is 10.4. The summed E-state index contributed by atoms with van der Waals surface area (Å²) < 4.78 is 12.5. The molecule has 0 saturated heterocycles. The second-order valence-corrected chi connectivity index (χ2v) is 11.4. The predicted molar refractivity (Wildman–Crippen MR) is 151 cm³/mol. The van der Waals surface area contributed by atoms with Crippen LogP contribution >= 0.6 is 0 Å². The number of fused-ring (bicyclic) bond motifs is 3. The molecule has 1 aliphatic heterocycles. The van der Waals surface area contributed by atoms with Crippen LogP contribution in [0.1, 0.15) is 47.1 Å². The van der Waals surface area contributed by atoms with Gasteiger partial charge >= 0.3 is 5.63 Å². The Bertz CT molecular complexity index is 1610. The van der Waals surface area contributed by atoms with Crippen LogP contribution in [0.5, 0.6) is 0 Å². The van der Waals surface area contributed by atoms with Crippen LogP contribution in [0.2, 0.25) is 0 Å². The number of aromatic nitrogens is 1. The maximum Gasteiger partial charge on any atom is 0.362 e. The fraction of sp³-hybridized carbons (Fsp3) is 0.323. The molecule has 0 saturated carbocycles. The molecule has 0 radical (unpaired) electrons. The first-order valence-corrected chi connectivity index (χ1v) is 12.6. The van der Waals surface area contributed by atoms with Crippen molar-refractivity contribution >= 4 is 28.0 Å². The highest BCUT2D eigenvalue weighted by Crippen LogP contribution is 2.52. The van der Waals surface area contributed by atoms with Crippen molar-refractivity contribution in [3.8, 4) is 17.2 Å². The van der Waals surface area contributed by atoms with Gasteiger partial charge in [-0.05, 0) is 76.1 Å². The Kier molecular flexibility index (Phi) is 5.85. The highest BCUT2D eigenvalue weighted by Gasteiger charge is 2.51. The largest absolute Gasteiger partial charge is 0.421 e. The fourth-order valence-corrected chi connectivity index (χ4v) is 5.13. The van der Waals surface area contributed by atoms with Crippen molar-refractivity contribution in [2.24, 2.45) is 0 Å². The highest BCUT2D eigenvalue weighted by molar-refractivity contribution is 6.04. The van der Waals surface area contributed by atoms with E-state index in [1.54, 1.807) is 6.20 Å². The Morgan fingerprint density at radius 1 is 1.00 bits per heavy atom. The number of nitriles is 1. The van der Waals surface area contributed by atoms with Gasteiger partial charge in [-0.25, -0.2) is 4.79 Å². The van der Waals surface area contributed by atoms with Crippen molar-refractivity contribution in [1.29, 1.82) is 5.26 Å². The molecule has 1 aliphatic rings. The Labute approximate surface area is 222 Å². The third kappa shape index (κ3) is 4.11. The second kappa shape index (κ2) is 8.71. The minimum atomic E-state index is -1.04. The van der Waals surface area contributed by atoms with Crippen molar-refractivity contribution in [2.75, 3.05) is 16.8 Å². The maximum atomic E-state index is 13.4. The maximum absolute atomic E-state index is 13.4. The van der Waals surface area contributed by atoms with E-state index in [-0.39, 0.29) is 0 Å². The van der Waals surface area contributed by atoms with Gasteiger partial charge in [-0.2, -0.15) is 5.26 Å². The molecule has 0 amide bonds. The van der Waals surface area contributed by atoms with E-state index in [1.165, 1.54) is 0 Å². The Morgan fingerprint density at radius 2 is 1.71 bits per heavy atom. The number of anilines is 3. The first-order valence-electron chi connectivity index (χ1n) is 12.6. The first kappa shape index (κ1) is 25.5. The Balaban J connectivity index is 1.80. The zero-order valence-electron chi connectivity index (χ0n) is 22.9. The van der Waals surface area contributed by atoms with Gasteiger partial charge in [0.25, 0.3) is 0 Å². The van der Waals surface area contributed by atoms with E-state index in [0.29, 0.717) is 17.0 Å². The molecule has 3 heterocycles. The molecule has 194 valence electrons. The van der Waals surface area contributed by atoms with Crippen LogP contribution in [0, 0.1) is 11.3 Å². The molecule has 0 bridgehead atoms. The third-order valence-corrected chi connectivity index (χ3v) is 7.07. The lowest BCUT2D eigenvalue weighted by Gasteiger charge is -2.44. The summed E-state index contributed by atoms with van der Waals surface area (Å²) in [5.74, 6) is -1.04. The average Bonchev–Trinajstić information content (AvgIpc) is 3.10. The van der Waals surface area contributed by atoms with Crippen LogP contribution in [0.3, 0.4) is 0 Å². The van der Waals surface area contributed by atoms with Gasteiger partial charge in [-0.3, -0.25) is 9.88 Å². The van der Waals surface area contributed by atoms with E-state index in [2.05, 4.69) is 16.0 Å². The van der Waals surface area contributed by atoms with Crippen molar-refractivity contribution < 1.29 is 9.15 Å². The number of rotatable bonds is 4. The number of nitrogens with zero attached hydrogens (tertiary/aromatic N) is 4. The zero-order valence-corrected chi connectivity index (χ0v) is 22.9. The number of pyridine rings is 1. The standard InChI is InChI=1S/C31H32N4O3/c1-29(2,3)38-31(6)34(7)27-26(35(31)23-13-11-22(12-14-23)30(4,5)19-32)24-17-20(21-9-8-16-33-18-21)10-15-25(24)37-28(27)36/h8-18H,1-7H3. The smallest absolute Gasteiger partial charge is 0.362 e. The van der Waals surface area contributed by atoms with Gasteiger partial charge in [-0.1, -0.05) is 24.3 Å². The van der Waals surface area contributed by atoms with Gasteiger partial charge in [0.05, 0.1) is 22.8 Å². The normalized spacial score (nSPS) is 17.5. The summed E-state index contributed by atoms with van der Waals surface area (Å²) in [6.45, 7) is 11.7. The molecule has 0 fully saturated rings. The molecule has 0 spiro atoms. The molecule has 7 heteroatoms. The minimum Gasteiger partial charge on any atom is -0.421 e. The van der Waals surface area contributed by atoms with Crippen molar-refractivity contribution in [3.63, 3.8) is 0 Å². The Hall–Kier alpha value is -4.15. The molecule has 1 atom stereocenters. The van der Waals surface area contributed by atoms with Crippen LogP contribution < -0.4 is 15.4 Å². The number of hydrogen-bond acceptors (Lipinski definition) is 7. The minimum absolute atomic E-state index is 0.425. The van der Waals surface area contributed by atoms with E-state index in [9.17, 15) is 10.1 Å². The van der Waals surface area contributed by atoms with E-state index in [0.717, 1.165) is 27.8 Å². The number of benzene rings is 2. The Morgan fingerprint density at radius 3 is 2.32 bits per heavy atom. The number of ether oxygens (including phenoxy) is 1. The lowest BCUT2D eigenvalue weighted by molar-refractivity contribution is -0.113. The highest BCUT2D eigenvalue weighted by atomic mass is 16.6. The topological polar surface area (TPSA) is 82.6 Å². The second-order valence-electron chi connectivity index (χ2n) is 11.4. The molecule has 1 unspecified atom stereocenters. The predicted octanol–water partition coefficient (Wildman–Crippen LogP) is 6.73. The van der Waals surface area contributed by atoms with E-state index < -0.39 is 22.5 Å². The summed E-state index contributed by atoms with van der Waals surface area (Å²) in [4.78, 5) is 21.6. The first-order chi connectivity index (χ1) is 17.9. The summed E-state index contributed by atoms with van der Waals surface area (Å²) >= 11 is 0. The zero-order chi connectivity index (χ0) is 27.5. The van der Waals surface area contributed by atoms with Gasteiger partial charge in [0.1, 0.15) is 5.58 Å². The summed E-state index contributed by atoms with van der Waals surface area (Å²) in [5.41, 5.74) is 3.70.